The van der Waals surface area contributed by atoms with Crippen LogP contribution in [0.4, 0.5) is 23.7 Å². The van der Waals surface area contributed by atoms with Gasteiger partial charge in [-0.2, -0.15) is 13.2 Å². The van der Waals surface area contributed by atoms with Crippen molar-refractivity contribution in [2.24, 2.45) is 5.73 Å². The molecule has 1 aromatic carbocycles. The van der Waals surface area contributed by atoms with Gasteiger partial charge in [-0.3, -0.25) is 0 Å². The molecule has 20 heavy (non-hydrogen) atoms. The first kappa shape index (κ1) is 16.3. The number of anilines is 1. The Labute approximate surface area is 115 Å². The molecule has 0 unspecified atom stereocenters. The number of carbonyl (C=O) groups excluding carboxylic acids is 1. The Morgan fingerprint density at radius 3 is 2.50 bits per heavy atom. The van der Waals surface area contributed by atoms with Gasteiger partial charge in [-0.25, -0.2) is 4.79 Å². The van der Waals surface area contributed by atoms with Crippen molar-refractivity contribution < 1.29 is 18.0 Å². The second kappa shape index (κ2) is 6.13. The summed E-state index contributed by atoms with van der Waals surface area (Å²) in [5.74, 6) is 0. The van der Waals surface area contributed by atoms with Crippen molar-refractivity contribution in [3.05, 3.63) is 29.8 Å². The number of urea groups is 1. The van der Waals surface area contributed by atoms with Crippen LogP contribution in [0.3, 0.4) is 0 Å². The summed E-state index contributed by atoms with van der Waals surface area (Å²) in [6.45, 7) is 3.97. The highest BCUT2D eigenvalue weighted by Gasteiger charge is 2.30. The van der Waals surface area contributed by atoms with E-state index in [-0.39, 0.29) is 5.69 Å². The number of nitrogens with one attached hydrogen (secondary N) is 2. The zero-order chi connectivity index (χ0) is 15.4. The maximum absolute atomic E-state index is 12.5. The summed E-state index contributed by atoms with van der Waals surface area (Å²) in [6.07, 6.45) is -3.88. The monoisotopic (exact) mass is 289 g/mol. The lowest BCUT2D eigenvalue weighted by atomic mass is 10.0. The molecular weight excluding hydrogens is 271 g/mol. The molecule has 0 aromatic heterocycles. The molecular formula is C13H18F3N3O. The molecule has 2 amide bonds. The summed E-state index contributed by atoms with van der Waals surface area (Å²) < 4.78 is 37.6. The predicted molar refractivity (Wildman–Crippen MR) is 71.3 cm³/mol. The van der Waals surface area contributed by atoms with Crippen molar-refractivity contribution in [3.8, 4) is 0 Å². The molecule has 4 nitrogen and oxygen atoms in total. The summed E-state index contributed by atoms with van der Waals surface area (Å²) in [7, 11) is 0. The van der Waals surface area contributed by atoms with Gasteiger partial charge in [0, 0.05) is 11.2 Å². The molecule has 0 heterocycles. The topological polar surface area (TPSA) is 67.1 Å². The molecule has 0 aliphatic carbocycles. The number of halogens is 3. The van der Waals surface area contributed by atoms with Crippen LogP contribution in [-0.2, 0) is 6.18 Å². The smallest absolute Gasteiger partial charge is 0.333 e. The van der Waals surface area contributed by atoms with Crippen LogP contribution in [0.5, 0.6) is 0 Å². The lowest BCUT2D eigenvalue weighted by Gasteiger charge is -2.25. The molecule has 1 aromatic rings. The lowest BCUT2D eigenvalue weighted by Crippen LogP contribution is -2.46. The molecule has 0 aliphatic heterocycles. The summed E-state index contributed by atoms with van der Waals surface area (Å²) in [4.78, 5) is 11.7. The minimum Gasteiger partial charge on any atom is -0.333 e. The SMILES string of the molecule is CC(C)(CCN)NC(=O)Nc1cccc(C(F)(F)F)c1. The molecule has 0 atom stereocenters. The number of rotatable bonds is 4. The number of hydrogen-bond acceptors (Lipinski definition) is 2. The first-order chi connectivity index (χ1) is 9.14. The molecule has 112 valence electrons. The van der Waals surface area contributed by atoms with Gasteiger partial charge >= 0.3 is 12.2 Å². The molecule has 0 aliphatic rings. The minimum absolute atomic E-state index is 0.0841. The van der Waals surface area contributed by atoms with Crippen LogP contribution in [0.15, 0.2) is 24.3 Å². The van der Waals surface area contributed by atoms with Gasteiger partial charge in [-0.05, 0) is 45.0 Å². The standard InChI is InChI=1S/C13H18F3N3O/c1-12(2,6-7-17)19-11(20)18-10-5-3-4-9(8-10)13(14,15)16/h3-5,8H,6-7,17H2,1-2H3,(H2,18,19,20). The van der Waals surface area contributed by atoms with E-state index < -0.39 is 23.3 Å². The summed E-state index contributed by atoms with van der Waals surface area (Å²) >= 11 is 0. The van der Waals surface area contributed by atoms with Gasteiger partial charge in [0.05, 0.1) is 5.56 Å². The maximum Gasteiger partial charge on any atom is 0.416 e. The van der Waals surface area contributed by atoms with Gasteiger partial charge < -0.3 is 16.4 Å². The van der Waals surface area contributed by atoms with Crippen LogP contribution < -0.4 is 16.4 Å². The van der Waals surface area contributed by atoms with Gasteiger partial charge in [0.1, 0.15) is 0 Å². The van der Waals surface area contributed by atoms with E-state index in [0.29, 0.717) is 13.0 Å². The predicted octanol–water partition coefficient (Wildman–Crippen LogP) is 2.95. The first-order valence-electron chi connectivity index (χ1n) is 6.10. The van der Waals surface area contributed by atoms with Crippen LogP contribution >= 0.6 is 0 Å². The molecule has 7 heteroatoms. The van der Waals surface area contributed by atoms with E-state index in [1.54, 1.807) is 13.8 Å². The van der Waals surface area contributed by atoms with Crippen molar-refractivity contribution in [1.29, 1.82) is 0 Å². The number of benzene rings is 1. The second-order valence-electron chi connectivity index (χ2n) is 5.08. The highest BCUT2D eigenvalue weighted by molar-refractivity contribution is 5.89. The lowest BCUT2D eigenvalue weighted by molar-refractivity contribution is -0.137. The van der Waals surface area contributed by atoms with Crippen LogP contribution in [-0.4, -0.2) is 18.1 Å². The third-order valence-electron chi connectivity index (χ3n) is 2.67. The Morgan fingerprint density at radius 2 is 1.95 bits per heavy atom. The van der Waals surface area contributed by atoms with Crippen molar-refractivity contribution in [2.45, 2.75) is 32.0 Å². The summed E-state index contributed by atoms with van der Waals surface area (Å²) in [6, 6.07) is 3.90. The number of alkyl halides is 3. The first-order valence-corrected chi connectivity index (χ1v) is 6.10. The second-order valence-corrected chi connectivity index (χ2v) is 5.08. The fourth-order valence-corrected chi connectivity index (χ4v) is 1.67. The highest BCUT2D eigenvalue weighted by atomic mass is 19.4. The van der Waals surface area contributed by atoms with E-state index in [1.807, 2.05) is 0 Å². The normalized spacial score (nSPS) is 12.1. The number of nitrogens with two attached hydrogens (primary N) is 1. The Bertz CT molecular complexity index is 472. The van der Waals surface area contributed by atoms with Crippen molar-refractivity contribution in [2.75, 3.05) is 11.9 Å². The number of hydrogen-bond donors (Lipinski definition) is 3. The van der Waals surface area contributed by atoms with Gasteiger partial charge in [0.15, 0.2) is 0 Å². The van der Waals surface area contributed by atoms with Crippen LogP contribution in [0.25, 0.3) is 0 Å². The third-order valence-corrected chi connectivity index (χ3v) is 2.67. The van der Waals surface area contributed by atoms with Crippen LogP contribution in [0.2, 0.25) is 0 Å². The fraction of sp³-hybridized carbons (Fsp3) is 0.462. The van der Waals surface area contributed by atoms with Crippen molar-refractivity contribution >= 4 is 11.7 Å². The van der Waals surface area contributed by atoms with Gasteiger partial charge in [-0.15, -0.1) is 0 Å². The molecule has 0 saturated heterocycles. The fourth-order valence-electron chi connectivity index (χ4n) is 1.67. The van der Waals surface area contributed by atoms with E-state index in [0.717, 1.165) is 12.1 Å². The van der Waals surface area contributed by atoms with Crippen LogP contribution in [0, 0.1) is 0 Å². The third kappa shape index (κ3) is 5.08. The van der Waals surface area contributed by atoms with E-state index >= 15 is 0 Å². The van der Waals surface area contributed by atoms with E-state index in [2.05, 4.69) is 10.6 Å². The van der Waals surface area contributed by atoms with Gasteiger partial charge in [0.25, 0.3) is 0 Å². The molecule has 0 radical (unpaired) electrons. The van der Waals surface area contributed by atoms with Crippen molar-refractivity contribution in [3.63, 3.8) is 0 Å². The van der Waals surface area contributed by atoms with Gasteiger partial charge in [0.2, 0.25) is 0 Å². The molecule has 0 bridgehead atoms. The number of amides is 2. The molecule has 0 spiro atoms. The molecule has 0 saturated carbocycles. The minimum atomic E-state index is -4.44. The quantitative estimate of drug-likeness (QED) is 0.797. The molecule has 4 N–H and O–H groups in total. The van der Waals surface area contributed by atoms with Gasteiger partial charge in [-0.1, -0.05) is 6.07 Å². The summed E-state index contributed by atoms with van der Waals surface area (Å²) in [5, 5.41) is 5.03. The van der Waals surface area contributed by atoms with E-state index in [4.69, 9.17) is 5.73 Å². The number of carbonyl (C=O) groups is 1. The van der Waals surface area contributed by atoms with Crippen molar-refractivity contribution in [1.82, 2.24) is 5.32 Å². The zero-order valence-electron chi connectivity index (χ0n) is 11.3. The summed E-state index contributed by atoms with van der Waals surface area (Å²) in [5.41, 5.74) is 4.16. The van der Waals surface area contributed by atoms with E-state index in [1.165, 1.54) is 12.1 Å². The molecule has 1 rings (SSSR count). The zero-order valence-corrected chi connectivity index (χ0v) is 11.3. The maximum atomic E-state index is 12.5. The highest BCUT2D eigenvalue weighted by Crippen LogP contribution is 2.30. The van der Waals surface area contributed by atoms with E-state index in [9.17, 15) is 18.0 Å². The molecule has 0 fully saturated rings. The average molecular weight is 289 g/mol. The average Bonchev–Trinajstić information content (AvgIpc) is 2.26. The van der Waals surface area contributed by atoms with Crippen LogP contribution in [0.1, 0.15) is 25.8 Å². The Morgan fingerprint density at radius 1 is 1.30 bits per heavy atom. The Balaban J connectivity index is 2.72. The Hall–Kier alpha value is -1.76. The largest absolute Gasteiger partial charge is 0.416 e. The Kier molecular flexibility index (Phi) is 4.99.